The smallest absolute Gasteiger partial charge is 0.273 e. The largest absolute Gasteiger partial charge is 0.395 e. The molecular weight excluding hydrogens is 225 g/mol. The molecule has 17 heavy (non-hydrogen) atoms. The summed E-state index contributed by atoms with van der Waals surface area (Å²) >= 11 is 0. The topological polar surface area (TPSA) is 57.8 Å². The molecule has 0 unspecified atom stereocenters. The van der Waals surface area contributed by atoms with Gasteiger partial charge in [0.15, 0.2) is 0 Å². The monoisotopic (exact) mass is 237 g/mol. The highest BCUT2D eigenvalue weighted by molar-refractivity contribution is 5.92. The van der Waals surface area contributed by atoms with Crippen molar-refractivity contribution in [1.29, 1.82) is 0 Å². The number of likely N-dealkylation sites (N-methyl/N-ethyl adjacent to an activating group) is 1. The Morgan fingerprint density at radius 3 is 3.00 bits per heavy atom. The van der Waals surface area contributed by atoms with Crippen LogP contribution in [-0.2, 0) is 0 Å². The van der Waals surface area contributed by atoms with Crippen LogP contribution >= 0.6 is 0 Å². The molecule has 2 rings (SSSR count). The fourth-order valence-corrected chi connectivity index (χ4v) is 1.51. The molecular formula is C11H12FN3O2. The number of carbonyl (C=O) groups is 1. The number of aliphatic hydroxyl groups excluding tert-OH is 1. The number of carbonyl (C=O) groups excluding carboxylic acids is 1. The van der Waals surface area contributed by atoms with Gasteiger partial charge in [-0.3, -0.25) is 4.79 Å². The molecule has 1 N–H and O–H groups in total. The lowest BCUT2D eigenvalue weighted by atomic mass is 10.4. The molecule has 0 aliphatic heterocycles. The molecule has 0 aromatic carbocycles. The Kier molecular flexibility index (Phi) is 3.06. The van der Waals surface area contributed by atoms with Crippen LogP contribution in [0.15, 0.2) is 24.5 Å². The number of pyridine rings is 1. The number of aliphatic hydroxyl groups is 1. The molecule has 0 fully saturated rings. The van der Waals surface area contributed by atoms with Crippen molar-refractivity contribution in [2.45, 2.75) is 0 Å². The highest BCUT2D eigenvalue weighted by Crippen LogP contribution is 2.08. The first-order valence-electron chi connectivity index (χ1n) is 5.12. The van der Waals surface area contributed by atoms with E-state index in [2.05, 4.69) is 4.98 Å². The zero-order valence-electron chi connectivity index (χ0n) is 9.30. The van der Waals surface area contributed by atoms with Crippen LogP contribution in [0.4, 0.5) is 4.39 Å². The number of fused-ring (bicyclic) bond motifs is 1. The molecule has 5 nitrogen and oxygen atoms in total. The zero-order valence-corrected chi connectivity index (χ0v) is 9.30. The maximum Gasteiger partial charge on any atom is 0.273 e. The summed E-state index contributed by atoms with van der Waals surface area (Å²) in [4.78, 5) is 17.3. The first-order chi connectivity index (χ1) is 8.11. The third-order valence-electron chi connectivity index (χ3n) is 2.42. The van der Waals surface area contributed by atoms with Crippen molar-refractivity contribution >= 4 is 11.6 Å². The van der Waals surface area contributed by atoms with Gasteiger partial charge in [-0.1, -0.05) is 0 Å². The van der Waals surface area contributed by atoms with E-state index in [1.165, 1.54) is 33.8 Å². The number of amides is 1. The van der Waals surface area contributed by atoms with E-state index in [0.717, 1.165) is 0 Å². The van der Waals surface area contributed by atoms with Gasteiger partial charge in [0, 0.05) is 26.0 Å². The number of rotatable bonds is 3. The van der Waals surface area contributed by atoms with Crippen molar-refractivity contribution in [3.8, 4) is 0 Å². The fraction of sp³-hybridized carbons (Fsp3) is 0.273. The van der Waals surface area contributed by atoms with Gasteiger partial charge in [0.05, 0.1) is 6.61 Å². The minimum atomic E-state index is -0.391. The summed E-state index contributed by atoms with van der Waals surface area (Å²) < 4.78 is 14.4. The van der Waals surface area contributed by atoms with Gasteiger partial charge >= 0.3 is 0 Å². The Morgan fingerprint density at radius 1 is 1.53 bits per heavy atom. The molecule has 0 atom stereocenters. The van der Waals surface area contributed by atoms with E-state index in [1.807, 2.05) is 0 Å². The molecule has 1 amide bonds. The van der Waals surface area contributed by atoms with Gasteiger partial charge in [-0.2, -0.15) is 0 Å². The number of hydrogen-bond acceptors (Lipinski definition) is 3. The average molecular weight is 237 g/mol. The second-order valence-electron chi connectivity index (χ2n) is 3.69. The molecule has 0 bridgehead atoms. The molecule has 0 radical (unpaired) electrons. The van der Waals surface area contributed by atoms with Crippen LogP contribution in [0.25, 0.3) is 5.65 Å². The second kappa shape index (κ2) is 4.50. The van der Waals surface area contributed by atoms with Crippen LogP contribution < -0.4 is 0 Å². The zero-order chi connectivity index (χ0) is 12.4. The van der Waals surface area contributed by atoms with Crippen molar-refractivity contribution in [2.24, 2.45) is 0 Å². The number of hydrogen-bond donors (Lipinski definition) is 1. The van der Waals surface area contributed by atoms with E-state index in [9.17, 15) is 9.18 Å². The standard InChI is InChI=1S/C11H12FN3O2/c1-14(4-5-16)11(17)9-7-15-6-8(12)2-3-10(15)13-9/h2-3,6-7,16H,4-5H2,1H3. The third-order valence-corrected chi connectivity index (χ3v) is 2.42. The molecule has 2 aromatic rings. The third kappa shape index (κ3) is 2.26. The SMILES string of the molecule is CN(CCO)C(=O)c1cn2cc(F)ccc2n1. The van der Waals surface area contributed by atoms with E-state index >= 15 is 0 Å². The first kappa shape index (κ1) is 11.5. The number of aromatic nitrogens is 2. The van der Waals surface area contributed by atoms with Gasteiger partial charge in [-0.05, 0) is 12.1 Å². The van der Waals surface area contributed by atoms with Gasteiger partial charge in [0.2, 0.25) is 0 Å². The summed E-state index contributed by atoms with van der Waals surface area (Å²) in [5, 5.41) is 8.74. The van der Waals surface area contributed by atoms with Crippen LogP contribution in [-0.4, -0.2) is 45.5 Å². The molecule has 2 heterocycles. The van der Waals surface area contributed by atoms with Crippen molar-refractivity contribution in [3.63, 3.8) is 0 Å². The molecule has 0 saturated heterocycles. The molecule has 0 aliphatic rings. The van der Waals surface area contributed by atoms with Crippen LogP contribution in [0, 0.1) is 5.82 Å². The quantitative estimate of drug-likeness (QED) is 0.847. The molecule has 0 aliphatic carbocycles. The maximum atomic E-state index is 12.9. The Bertz CT molecular complexity index is 553. The maximum absolute atomic E-state index is 12.9. The highest BCUT2D eigenvalue weighted by atomic mass is 19.1. The molecule has 0 spiro atoms. The summed E-state index contributed by atoms with van der Waals surface area (Å²) in [6.45, 7) is 0.130. The summed E-state index contributed by atoms with van der Waals surface area (Å²) in [7, 11) is 1.57. The second-order valence-corrected chi connectivity index (χ2v) is 3.69. The molecule has 6 heteroatoms. The predicted molar refractivity (Wildman–Crippen MR) is 59.2 cm³/mol. The minimum Gasteiger partial charge on any atom is -0.395 e. The van der Waals surface area contributed by atoms with Crippen LogP contribution in [0.2, 0.25) is 0 Å². The summed E-state index contributed by atoms with van der Waals surface area (Å²) in [6.07, 6.45) is 2.72. The van der Waals surface area contributed by atoms with E-state index in [4.69, 9.17) is 5.11 Å². The molecule has 90 valence electrons. The van der Waals surface area contributed by atoms with Gasteiger partial charge in [0.1, 0.15) is 17.2 Å². The van der Waals surface area contributed by atoms with E-state index in [1.54, 1.807) is 7.05 Å². The Morgan fingerprint density at radius 2 is 2.29 bits per heavy atom. The van der Waals surface area contributed by atoms with Gasteiger partial charge in [0.25, 0.3) is 5.91 Å². The Labute approximate surface area is 97.1 Å². The number of nitrogens with zero attached hydrogens (tertiary/aromatic N) is 3. The molecule has 0 saturated carbocycles. The fourth-order valence-electron chi connectivity index (χ4n) is 1.51. The predicted octanol–water partition coefficient (Wildman–Crippen LogP) is 0.538. The first-order valence-corrected chi connectivity index (χ1v) is 5.12. The van der Waals surface area contributed by atoms with E-state index in [-0.39, 0.29) is 24.8 Å². The molecule has 2 aromatic heterocycles. The van der Waals surface area contributed by atoms with Gasteiger partial charge in [-0.25, -0.2) is 9.37 Å². The Balaban J connectivity index is 2.33. The van der Waals surface area contributed by atoms with Crippen molar-refractivity contribution in [1.82, 2.24) is 14.3 Å². The van der Waals surface area contributed by atoms with Crippen molar-refractivity contribution in [3.05, 3.63) is 36.0 Å². The summed E-state index contributed by atoms with van der Waals surface area (Å²) in [5.41, 5.74) is 0.735. The van der Waals surface area contributed by atoms with Gasteiger partial charge < -0.3 is 14.4 Å². The average Bonchev–Trinajstić information content (AvgIpc) is 2.71. The lowest BCUT2D eigenvalue weighted by molar-refractivity contribution is 0.0762. The summed E-state index contributed by atoms with van der Waals surface area (Å²) in [5.74, 6) is -0.694. The highest BCUT2D eigenvalue weighted by Gasteiger charge is 2.14. The van der Waals surface area contributed by atoms with Crippen molar-refractivity contribution in [2.75, 3.05) is 20.2 Å². The van der Waals surface area contributed by atoms with Crippen LogP contribution in [0.5, 0.6) is 0 Å². The van der Waals surface area contributed by atoms with Crippen LogP contribution in [0.3, 0.4) is 0 Å². The Hall–Kier alpha value is -1.95. The van der Waals surface area contributed by atoms with E-state index < -0.39 is 5.82 Å². The van der Waals surface area contributed by atoms with Gasteiger partial charge in [-0.15, -0.1) is 0 Å². The lowest BCUT2D eigenvalue weighted by Crippen LogP contribution is -2.29. The normalized spacial score (nSPS) is 10.8. The summed E-state index contributed by atoms with van der Waals surface area (Å²) in [6, 6.07) is 2.78. The minimum absolute atomic E-state index is 0.107. The number of halogens is 1. The number of imidazole rings is 1. The lowest BCUT2D eigenvalue weighted by Gasteiger charge is -2.13. The van der Waals surface area contributed by atoms with E-state index in [0.29, 0.717) is 5.65 Å². The van der Waals surface area contributed by atoms with Crippen LogP contribution in [0.1, 0.15) is 10.5 Å². The van der Waals surface area contributed by atoms with Crippen molar-refractivity contribution < 1.29 is 14.3 Å².